The summed E-state index contributed by atoms with van der Waals surface area (Å²) in [4.78, 5) is 0. The lowest BCUT2D eigenvalue weighted by molar-refractivity contribution is 0.386. The van der Waals surface area contributed by atoms with Crippen molar-refractivity contribution in [3.63, 3.8) is 0 Å². The van der Waals surface area contributed by atoms with Crippen molar-refractivity contribution in [3.8, 4) is 17.3 Å². The van der Waals surface area contributed by atoms with Crippen molar-refractivity contribution in [1.29, 1.82) is 5.26 Å². The molecule has 0 saturated heterocycles. The summed E-state index contributed by atoms with van der Waals surface area (Å²) >= 11 is 6.07. The number of hydrogen-bond donors (Lipinski definition) is 1. The van der Waals surface area contributed by atoms with E-state index in [1.807, 2.05) is 12.1 Å². The van der Waals surface area contributed by atoms with E-state index >= 15 is 0 Å². The summed E-state index contributed by atoms with van der Waals surface area (Å²) < 4.78 is 21.2. The lowest BCUT2D eigenvalue weighted by Gasteiger charge is -2.25. The van der Waals surface area contributed by atoms with Gasteiger partial charge in [0, 0.05) is 19.7 Å². The molecule has 7 heteroatoms. The van der Waals surface area contributed by atoms with Gasteiger partial charge < -0.3 is 0 Å². The molecule has 2 rings (SSSR count). The Morgan fingerprint density at radius 1 is 1.54 bits per heavy atom. The van der Waals surface area contributed by atoms with Gasteiger partial charge in [-0.15, -0.1) is 0 Å². The fourth-order valence-electron chi connectivity index (χ4n) is 2.50. The molecule has 0 aliphatic heterocycles. The van der Waals surface area contributed by atoms with Crippen molar-refractivity contribution in [2.45, 2.75) is 38.5 Å². The molecule has 0 spiro atoms. The normalized spacial score (nSPS) is 16.1. The molecule has 0 saturated carbocycles. The molecule has 0 aliphatic rings. The number of nitrogens with zero attached hydrogens (tertiary/aromatic N) is 3. The van der Waals surface area contributed by atoms with E-state index in [0.717, 1.165) is 5.56 Å². The Morgan fingerprint density at radius 3 is 2.83 bits per heavy atom. The molecular weight excluding hydrogens is 344 g/mol. The maximum absolute atomic E-state index is 11.6. The molecular formula is C17H21ClN4OS. The molecule has 0 bridgehead atoms. The van der Waals surface area contributed by atoms with Gasteiger partial charge in [-0.3, -0.25) is 9.82 Å². The van der Waals surface area contributed by atoms with Gasteiger partial charge in [0.1, 0.15) is 6.07 Å². The quantitative estimate of drug-likeness (QED) is 0.850. The van der Waals surface area contributed by atoms with E-state index in [1.54, 1.807) is 49.8 Å². The zero-order valence-electron chi connectivity index (χ0n) is 14.9. The summed E-state index contributed by atoms with van der Waals surface area (Å²) in [5, 5.41) is 19.3. The summed E-state index contributed by atoms with van der Waals surface area (Å²) in [6.07, 6.45) is 2.17. The van der Waals surface area contributed by atoms with Gasteiger partial charge in [-0.1, -0.05) is 24.6 Å². The number of benzene rings is 1. The highest BCUT2D eigenvalue weighted by Gasteiger charge is 2.26. The molecule has 24 heavy (non-hydrogen) atoms. The number of hydrogen-bond acceptors (Lipinski definition) is 3. The van der Waals surface area contributed by atoms with Gasteiger partial charge in [-0.05, 0) is 44.4 Å². The average molecular weight is 366 g/mol. The second-order valence-electron chi connectivity index (χ2n) is 6.40. The zero-order valence-corrected chi connectivity index (χ0v) is 15.5. The summed E-state index contributed by atoms with van der Waals surface area (Å²) in [5.41, 5.74) is 1.93. The van der Waals surface area contributed by atoms with Crippen LogP contribution in [-0.4, -0.2) is 18.7 Å². The predicted molar refractivity (Wildman–Crippen MR) is 97.6 cm³/mol. The minimum atomic E-state index is -1.50. The third-order valence-electron chi connectivity index (χ3n) is 3.73. The van der Waals surface area contributed by atoms with Crippen molar-refractivity contribution >= 4 is 22.6 Å². The highest BCUT2D eigenvalue weighted by molar-refractivity contribution is 7.84. The fourth-order valence-corrected chi connectivity index (χ4v) is 3.11. The van der Waals surface area contributed by atoms with Crippen molar-refractivity contribution < 1.29 is 5.58 Å². The molecule has 0 amide bonds. The van der Waals surface area contributed by atoms with Crippen LogP contribution in [-0.2, 0) is 17.5 Å². The molecule has 0 fully saturated rings. The summed E-state index contributed by atoms with van der Waals surface area (Å²) in [6, 6.07) is 9.01. The van der Waals surface area contributed by atoms with E-state index in [2.05, 4.69) is 5.10 Å². The van der Waals surface area contributed by atoms with Crippen LogP contribution in [0.4, 0.5) is 0 Å². The summed E-state index contributed by atoms with van der Waals surface area (Å²) in [5.74, 6) is -0.871. The predicted octanol–water partition coefficient (Wildman–Crippen LogP) is 3.50. The van der Waals surface area contributed by atoms with Crippen molar-refractivity contribution in [2.75, 3.05) is 0 Å². The van der Waals surface area contributed by atoms with Crippen LogP contribution in [0.25, 0.3) is 11.3 Å². The first-order chi connectivity index (χ1) is 11.5. The van der Waals surface area contributed by atoms with E-state index in [0.29, 0.717) is 29.2 Å². The highest BCUT2D eigenvalue weighted by atomic mass is 35.5. The van der Waals surface area contributed by atoms with Gasteiger partial charge in [0.25, 0.3) is 0 Å². The molecule has 2 aromatic rings. The smallest absolute Gasteiger partial charge is 0.101 e. The number of nitrogens with two attached hydrogens (primary N) is 1. The third-order valence-corrected chi connectivity index (χ3v) is 5.28. The lowest BCUT2D eigenvalue weighted by Crippen LogP contribution is -2.34. The fraction of sp³-hybridized carbons (Fsp3) is 0.412. The number of nitriles is 1. The van der Waals surface area contributed by atoms with Gasteiger partial charge in [0.05, 0.1) is 32.0 Å². The van der Waals surface area contributed by atoms with E-state index < -0.39 is 21.6 Å². The summed E-state index contributed by atoms with van der Waals surface area (Å²) in [7, 11) is -1.50. The van der Waals surface area contributed by atoms with Crippen LogP contribution in [0.2, 0.25) is 5.02 Å². The van der Waals surface area contributed by atoms with Gasteiger partial charge in [0.15, 0.2) is 0 Å². The maximum Gasteiger partial charge on any atom is 0.101 e. The molecule has 0 radical (unpaired) electrons. The van der Waals surface area contributed by atoms with Crippen LogP contribution in [0.1, 0.15) is 34.1 Å². The largest absolute Gasteiger partial charge is 0.272 e. The van der Waals surface area contributed by atoms with Crippen LogP contribution in [0.15, 0.2) is 30.5 Å². The Labute approximate surface area is 151 Å². The average Bonchev–Trinajstić information content (AvgIpc) is 2.93. The minimum absolute atomic E-state index is 0.345. The monoisotopic (exact) mass is 365 g/mol. The van der Waals surface area contributed by atoms with E-state index in [-0.39, 0.29) is 0 Å². The number of halogens is 1. The molecule has 5 nitrogen and oxygen atoms in total. The standard InChI is InChI=1S/C17H21ClN4OS/c1-12(9-17(2,3)24(20)23)11-22-7-6-16(21-22)13-4-5-14(10-19)15(18)8-13/h4-8,12H,9,11,20H2,1-3H3/t12-,24?/m0/s1/i12D. The molecule has 0 aliphatic carbocycles. The van der Waals surface area contributed by atoms with E-state index in [9.17, 15) is 4.21 Å². The first-order valence-corrected chi connectivity index (χ1v) is 9.03. The Kier molecular flexibility index (Phi) is 5.34. The molecule has 1 aromatic heterocycles. The van der Waals surface area contributed by atoms with Crippen LogP contribution in [0.5, 0.6) is 0 Å². The van der Waals surface area contributed by atoms with Crippen LogP contribution in [0.3, 0.4) is 0 Å². The maximum atomic E-state index is 11.6. The van der Waals surface area contributed by atoms with Crippen molar-refractivity contribution in [2.24, 2.45) is 11.0 Å². The molecule has 2 N–H and O–H groups in total. The Hall–Kier alpha value is -1.68. The van der Waals surface area contributed by atoms with Crippen molar-refractivity contribution in [1.82, 2.24) is 9.78 Å². The second-order valence-corrected chi connectivity index (χ2v) is 8.50. The third kappa shape index (κ3) is 4.44. The Morgan fingerprint density at radius 2 is 2.25 bits per heavy atom. The van der Waals surface area contributed by atoms with Gasteiger partial charge in [0.2, 0.25) is 0 Å². The number of rotatable bonds is 6. The number of aromatic nitrogens is 2. The van der Waals surface area contributed by atoms with Crippen molar-refractivity contribution in [3.05, 3.63) is 41.0 Å². The van der Waals surface area contributed by atoms with E-state index in [1.165, 1.54) is 0 Å². The molecule has 128 valence electrons. The van der Waals surface area contributed by atoms with Crippen LogP contribution in [0, 0.1) is 17.2 Å². The lowest BCUT2D eigenvalue weighted by atomic mass is 9.98. The van der Waals surface area contributed by atoms with Gasteiger partial charge >= 0.3 is 0 Å². The molecule has 2 atom stereocenters. The van der Waals surface area contributed by atoms with Gasteiger partial charge in [-0.2, -0.15) is 10.4 Å². The molecule has 1 heterocycles. The first-order valence-electron chi connectivity index (χ1n) is 7.94. The van der Waals surface area contributed by atoms with Gasteiger partial charge in [-0.25, -0.2) is 4.21 Å². The van der Waals surface area contributed by atoms with Crippen LogP contribution >= 0.6 is 11.6 Å². The first kappa shape index (κ1) is 17.2. The Bertz CT molecular complexity index is 841. The second kappa shape index (κ2) is 7.47. The Balaban J connectivity index is 2.17. The van der Waals surface area contributed by atoms with E-state index in [4.69, 9.17) is 23.4 Å². The zero-order chi connectivity index (χ0) is 18.8. The SMILES string of the molecule is [2H][C@@](C)(Cn1ccc(-c2ccc(C#N)c(Cl)c2)n1)CC(C)(C)S(N)=O. The molecule has 1 aromatic carbocycles. The minimum Gasteiger partial charge on any atom is -0.272 e. The van der Waals surface area contributed by atoms with Crippen LogP contribution < -0.4 is 5.14 Å². The summed E-state index contributed by atoms with van der Waals surface area (Å²) in [6.45, 7) is 5.71. The highest BCUT2D eigenvalue weighted by Crippen LogP contribution is 2.25. The molecule has 1 unspecified atom stereocenters. The topological polar surface area (TPSA) is 84.7 Å².